The van der Waals surface area contributed by atoms with Crippen LogP contribution in [0.25, 0.3) is 0 Å². The first-order chi connectivity index (χ1) is 7.98. The predicted octanol–water partition coefficient (Wildman–Crippen LogP) is 3.05. The van der Waals surface area contributed by atoms with Gasteiger partial charge in [-0.1, -0.05) is 27.7 Å². The summed E-state index contributed by atoms with van der Waals surface area (Å²) in [5.74, 6) is 0. The van der Waals surface area contributed by atoms with Crippen molar-refractivity contribution in [2.45, 2.75) is 69.9 Å². The minimum absolute atomic E-state index is 0.294. The summed E-state index contributed by atoms with van der Waals surface area (Å²) in [4.78, 5) is 0. The molecular weight excluding hydrogens is 230 g/mol. The fourth-order valence-corrected chi connectivity index (χ4v) is 4.22. The third-order valence-corrected chi connectivity index (χ3v) is 5.11. The van der Waals surface area contributed by atoms with E-state index in [4.69, 9.17) is 0 Å². The Bertz CT molecular complexity index is 220. The average molecular weight is 259 g/mol. The van der Waals surface area contributed by atoms with E-state index in [0.29, 0.717) is 28.6 Å². The third kappa shape index (κ3) is 5.19. The number of hydrogen-bond donors (Lipinski definition) is 2. The van der Waals surface area contributed by atoms with Gasteiger partial charge in [-0.25, -0.2) is 0 Å². The molecule has 102 valence electrons. The number of hydrogen-bond acceptors (Lipinski definition) is 3. The summed E-state index contributed by atoms with van der Waals surface area (Å²) in [7, 11) is 0. The molecule has 0 spiro atoms. The van der Waals surface area contributed by atoms with Crippen molar-refractivity contribution in [2.75, 3.05) is 13.2 Å². The lowest BCUT2D eigenvalue weighted by Gasteiger charge is -2.41. The zero-order chi connectivity index (χ0) is 12.9. The first-order valence-electron chi connectivity index (χ1n) is 6.98. The maximum atomic E-state index is 9.22. The van der Waals surface area contributed by atoms with Gasteiger partial charge in [0.1, 0.15) is 0 Å². The lowest BCUT2D eigenvalue weighted by atomic mass is 9.75. The summed E-state index contributed by atoms with van der Waals surface area (Å²) in [5.41, 5.74) is 0.469. The Labute approximate surface area is 111 Å². The van der Waals surface area contributed by atoms with Gasteiger partial charge in [-0.05, 0) is 37.6 Å². The maximum Gasteiger partial charge on any atom is 0.0547 e. The van der Waals surface area contributed by atoms with Crippen LogP contribution in [0.5, 0.6) is 0 Å². The van der Waals surface area contributed by atoms with E-state index >= 15 is 0 Å². The molecule has 0 aromatic rings. The molecule has 0 aromatic carbocycles. The van der Waals surface area contributed by atoms with E-state index in [1.54, 1.807) is 0 Å². The van der Waals surface area contributed by atoms with Crippen LogP contribution < -0.4 is 5.32 Å². The van der Waals surface area contributed by atoms with Crippen LogP contribution in [-0.2, 0) is 0 Å². The van der Waals surface area contributed by atoms with Crippen molar-refractivity contribution < 1.29 is 5.11 Å². The van der Waals surface area contributed by atoms with Gasteiger partial charge < -0.3 is 10.4 Å². The molecule has 0 heterocycles. The van der Waals surface area contributed by atoms with Gasteiger partial charge in [0.2, 0.25) is 0 Å². The van der Waals surface area contributed by atoms with Crippen LogP contribution in [0, 0.1) is 5.41 Å². The lowest BCUT2D eigenvalue weighted by molar-refractivity contribution is 0.213. The highest BCUT2D eigenvalue weighted by atomic mass is 32.2. The van der Waals surface area contributed by atoms with Crippen LogP contribution in [0.1, 0.15) is 53.4 Å². The monoisotopic (exact) mass is 259 g/mol. The largest absolute Gasteiger partial charge is 0.395 e. The molecule has 1 aliphatic rings. The molecule has 0 aliphatic heterocycles. The number of aliphatic hydroxyl groups is 1. The Hall–Kier alpha value is 0.270. The van der Waals surface area contributed by atoms with E-state index in [-0.39, 0.29) is 0 Å². The van der Waals surface area contributed by atoms with E-state index < -0.39 is 0 Å². The molecule has 3 heteroatoms. The minimum atomic E-state index is 0.294. The van der Waals surface area contributed by atoms with Gasteiger partial charge >= 0.3 is 0 Å². The quantitative estimate of drug-likeness (QED) is 0.769. The smallest absolute Gasteiger partial charge is 0.0547 e. The normalized spacial score (nSPS) is 30.2. The van der Waals surface area contributed by atoms with Gasteiger partial charge in [-0.3, -0.25) is 0 Å². The molecule has 3 unspecified atom stereocenters. The van der Waals surface area contributed by atoms with Gasteiger partial charge in [0.05, 0.1) is 6.61 Å². The van der Waals surface area contributed by atoms with Crippen molar-refractivity contribution in [3.8, 4) is 0 Å². The molecule has 1 rings (SSSR count). The second-order valence-electron chi connectivity index (χ2n) is 6.14. The summed E-state index contributed by atoms with van der Waals surface area (Å²) in [6.45, 7) is 10.5. The maximum absolute atomic E-state index is 9.22. The van der Waals surface area contributed by atoms with E-state index in [0.717, 1.165) is 6.54 Å². The van der Waals surface area contributed by atoms with E-state index in [2.05, 4.69) is 33.0 Å². The Balaban J connectivity index is 2.55. The Morgan fingerprint density at radius 3 is 2.76 bits per heavy atom. The first kappa shape index (κ1) is 15.3. The van der Waals surface area contributed by atoms with E-state index in [1.807, 2.05) is 11.8 Å². The predicted molar refractivity (Wildman–Crippen MR) is 77.6 cm³/mol. The van der Waals surface area contributed by atoms with Crippen molar-refractivity contribution in [1.82, 2.24) is 5.32 Å². The number of aliphatic hydroxyl groups excluding tert-OH is 1. The summed E-state index contributed by atoms with van der Waals surface area (Å²) < 4.78 is 0. The summed E-state index contributed by atoms with van der Waals surface area (Å²) in [5, 5.41) is 13.9. The zero-order valence-electron chi connectivity index (χ0n) is 11.8. The average Bonchev–Trinajstić information content (AvgIpc) is 2.27. The molecule has 0 radical (unpaired) electrons. The van der Waals surface area contributed by atoms with Crippen LogP contribution in [0.2, 0.25) is 0 Å². The van der Waals surface area contributed by atoms with Crippen molar-refractivity contribution in [1.29, 1.82) is 0 Å². The first-order valence-corrected chi connectivity index (χ1v) is 7.92. The molecule has 2 nitrogen and oxygen atoms in total. The minimum Gasteiger partial charge on any atom is -0.395 e. The second kappa shape index (κ2) is 7.01. The molecule has 2 N–H and O–H groups in total. The van der Waals surface area contributed by atoms with Crippen LogP contribution in [0.3, 0.4) is 0 Å². The lowest BCUT2D eigenvalue weighted by Crippen LogP contribution is -2.45. The van der Waals surface area contributed by atoms with Crippen molar-refractivity contribution in [2.24, 2.45) is 5.41 Å². The van der Waals surface area contributed by atoms with Crippen LogP contribution >= 0.6 is 11.8 Å². The molecule has 1 saturated carbocycles. The van der Waals surface area contributed by atoms with Crippen molar-refractivity contribution in [3.63, 3.8) is 0 Å². The molecule has 1 fully saturated rings. The van der Waals surface area contributed by atoms with E-state index in [1.165, 1.54) is 25.7 Å². The standard InChI is InChI=1S/C14H29NOS/c1-5-8-15-12-6-7-14(3,4)9-13(12)17-11(2)10-16/h11-13,15-16H,5-10H2,1-4H3. The highest BCUT2D eigenvalue weighted by Crippen LogP contribution is 2.41. The fraction of sp³-hybridized carbons (Fsp3) is 1.00. The van der Waals surface area contributed by atoms with Gasteiger partial charge in [0.15, 0.2) is 0 Å². The third-order valence-electron chi connectivity index (χ3n) is 3.66. The SMILES string of the molecule is CCCNC1CCC(C)(C)CC1SC(C)CO. The van der Waals surface area contributed by atoms with Crippen molar-refractivity contribution in [3.05, 3.63) is 0 Å². The summed E-state index contributed by atoms with van der Waals surface area (Å²) >= 11 is 1.97. The van der Waals surface area contributed by atoms with Gasteiger partial charge in [0, 0.05) is 16.5 Å². The zero-order valence-corrected chi connectivity index (χ0v) is 12.6. The number of thioether (sulfide) groups is 1. The molecule has 3 atom stereocenters. The van der Waals surface area contributed by atoms with E-state index in [9.17, 15) is 5.11 Å². The topological polar surface area (TPSA) is 32.3 Å². The molecule has 17 heavy (non-hydrogen) atoms. The Morgan fingerprint density at radius 2 is 2.18 bits per heavy atom. The number of nitrogens with one attached hydrogen (secondary N) is 1. The highest BCUT2D eigenvalue weighted by Gasteiger charge is 2.35. The van der Waals surface area contributed by atoms with Gasteiger partial charge in [-0.15, -0.1) is 0 Å². The van der Waals surface area contributed by atoms with Gasteiger partial charge in [-0.2, -0.15) is 11.8 Å². The molecule has 0 bridgehead atoms. The Kier molecular flexibility index (Phi) is 6.32. The van der Waals surface area contributed by atoms with Crippen LogP contribution in [0.4, 0.5) is 0 Å². The van der Waals surface area contributed by atoms with Gasteiger partial charge in [0.25, 0.3) is 0 Å². The molecular formula is C14H29NOS. The number of rotatable bonds is 6. The summed E-state index contributed by atoms with van der Waals surface area (Å²) in [6.07, 6.45) is 5.07. The molecule has 1 aliphatic carbocycles. The molecule has 0 amide bonds. The Morgan fingerprint density at radius 1 is 1.47 bits per heavy atom. The molecule has 0 saturated heterocycles. The molecule has 0 aromatic heterocycles. The van der Waals surface area contributed by atoms with Crippen LogP contribution in [-0.4, -0.2) is 34.8 Å². The highest BCUT2D eigenvalue weighted by molar-refractivity contribution is 8.00. The van der Waals surface area contributed by atoms with Crippen molar-refractivity contribution >= 4 is 11.8 Å². The second-order valence-corrected chi connectivity index (χ2v) is 7.82. The van der Waals surface area contributed by atoms with Crippen LogP contribution in [0.15, 0.2) is 0 Å². The summed E-state index contributed by atoms with van der Waals surface area (Å²) in [6, 6.07) is 0.641. The fourth-order valence-electron chi connectivity index (χ4n) is 2.57.